The van der Waals surface area contributed by atoms with Crippen LogP contribution in [-0.4, -0.2) is 28.9 Å². The third-order valence-corrected chi connectivity index (χ3v) is 2.53. The van der Waals surface area contributed by atoms with Crippen LogP contribution in [0.4, 0.5) is 0 Å². The van der Waals surface area contributed by atoms with Crippen LogP contribution in [0.5, 0.6) is 0 Å². The molecule has 0 N–H and O–H groups in total. The van der Waals surface area contributed by atoms with E-state index in [4.69, 9.17) is 23.2 Å². The van der Waals surface area contributed by atoms with Gasteiger partial charge < -0.3 is 4.90 Å². The van der Waals surface area contributed by atoms with Gasteiger partial charge >= 0.3 is 0 Å². The van der Waals surface area contributed by atoms with Gasteiger partial charge in [-0.1, -0.05) is 35.4 Å². The number of nitrogens with zero attached hydrogens (tertiary/aromatic N) is 2. The first kappa shape index (κ1) is 14.0. The molecule has 0 aliphatic carbocycles. The fourth-order valence-electron chi connectivity index (χ4n) is 1.42. The highest BCUT2D eigenvalue weighted by atomic mass is 35.5. The molecule has 1 amide bonds. The minimum absolute atomic E-state index is 0.123. The highest BCUT2D eigenvalue weighted by Crippen LogP contribution is 2.16. The monoisotopic (exact) mass is 272 g/mol. The van der Waals surface area contributed by atoms with Gasteiger partial charge in [0.1, 0.15) is 10.3 Å². The molecule has 0 aromatic carbocycles. The predicted molar refractivity (Wildman–Crippen MR) is 70.6 cm³/mol. The molecule has 0 spiro atoms. The molecule has 0 aliphatic rings. The summed E-state index contributed by atoms with van der Waals surface area (Å²) in [6, 6.07) is 3.02. The summed E-state index contributed by atoms with van der Waals surface area (Å²) in [5.74, 6) is -0.123. The number of hydrogen-bond acceptors (Lipinski definition) is 2. The number of pyridine rings is 1. The molecule has 0 aliphatic heterocycles. The smallest absolute Gasteiger partial charge is 0.254 e. The van der Waals surface area contributed by atoms with Crippen LogP contribution in [0, 0.1) is 0 Å². The normalized spacial score (nSPS) is 10.1. The number of halogens is 2. The standard InChI is InChI=1S/C12H14Cl2N2O/c1-4-16(7-8(2)3)12(17)9-5-10(13)15-11(14)6-9/h5-6H,2,4,7H2,1,3H3. The molecular formula is C12H14Cl2N2O. The van der Waals surface area contributed by atoms with E-state index < -0.39 is 0 Å². The van der Waals surface area contributed by atoms with Crippen LogP contribution >= 0.6 is 23.2 Å². The van der Waals surface area contributed by atoms with E-state index in [-0.39, 0.29) is 16.2 Å². The van der Waals surface area contributed by atoms with Gasteiger partial charge in [0.2, 0.25) is 0 Å². The van der Waals surface area contributed by atoms with Crippen LogP contribution in [0.1, 0.15) is 24.2 Å². The second-order valence-corrected chi connectivity index (χ2v) is 4.55. The Morgan fingerprint density at radius 2 is 1.94 bits per heavy atom. The largest absolute Gasteiger partial charge is 0.335 e. The number of aromatic nitrogens is 1. The van der Waals surface area contributed by atoms with Gasteiger partial charge in [-0.15, -0.1) is 0 Å². The van der Waals surface area contributed by atoms with E-state index in [2.05, 4.69) is 11.6 Å². The van der Waals surface area contributed by atoms with Crippen molar-refractivity contribution in [3.63, 3.8) is 0 Å². The van der Waals surface area contributed by atoms with Crippen molar-refractivity contribution in [3.05, 3.63) is 40.2 Å². The number of carbonyl (C=O) groups excluding carboxylic acids is 1. The quantitative estimate of drug-likeness (QED) is 0.622. The van der Waals surface area contributed by atoms with E-state index >= 15 is 0 Å². The molecule has 0 saturated heterocycles. The van der Waals surface area contributed by atoms with Crippen molar-refractivity contribution in [3.8, 4) is 0 Å². The molecule has 0 radical (unpaired) electrons. The first-order chi connectivity index (χ1) is 7.93. The van der Waals surface area contributed by atoms with E-state index in [0.717, 1.165) is 5.57 Å². The van der Waals surface area contributed by atoms with Crippen molar-refractivity contribution >= 4 is 29.1 Å². The highest BCUT2D eigenvalue weighted by Gasteiger charge is 2.15. The van der Waals surface area contributed by atoms with Crippen LogP contribution in [0.25, 0.3) is 0 Å². The molecule has 3 nitrogen and oxygen atoms in total. The molecule has 0 bridgehead atoms. The maximum Gasteiger partial charge on any atom is 0.254 e. The Balaban J connectivity index is 2.97. The zero-order valence-electron chi connectivity index (χ0n) is 9.83. The van der Waals surface area contributed by atoms with Crippen molar-refractivity contribution < 1.29 is 4.79 Å². The first-order valence-corrected chi connectivity index (χ1v) is 5.96. The van der Waals surface area contributed by atoms with Gasteiger partial charge in [0.05, 0.1) is 0 Å². The van der Waals surface area contributed by atoms with Gasteiger partial charge in [0.15, 0.2) is 0 Å². The molecule has 1 aromatic rings. The minimum atomic E-state index is -0.123. The van der Waals surface area contributed by atoms with E-state index in [1.54, 1.807) is 4.90 Å². The second-order valence-electron chi connectivity index (χ2n) is 3.78. The molecule has 0 unspecified atom stereocenters. The van der Waals surface area contributed by atoms with Crippen LogP contribution in [0.3, 0.4) is 0 Å². The molecule has 0 saturated carbocycles. The lowest BCUT2D eigenvalue weighted by Gasteiger charge is -2.21. The summed E-state index contributed by atoms with van der Waals surface area (Å²) in [5, 5.41) is 0.430. The van der Waals surface area contributed by atoms with Gasteiger partial charge in [-0.3, -0.25) is 4.79 Å². The molecule has 0 fully saturated rings. The SMILES string of the molecule is C=C(C)CN(CC)C(=O)c1cc(Cl)nc(Cl)c1. The lowest BCUT2D eigenvalue weighted by Crippen LogP contribution is -2.32. The van der Waals surface area contributed by atoms with E-state index in [9.17, 15) is 4.79 Å². The number of carbonyl (C=O) groups is 1. The molecule has 5 heteroatoms. The number of likely N-dealkylation sites (N-methyl/N-ethyl adjacent to an activating group) is 1. The van der Waals surface area contributed by atoms with Crippen LogP contribution in [-0.2, 0) is 0 Å². The molecular weight excluding hydrogens is 259 g/mol. The maximum atomic E-state index is 12.2. The lowest BCUT2D eigenvalue weighted by atomic mass is 10.2. The van der Waals surface area contributed by atoms with Crippen LogP contribution in [0.15, 0.2) is 24.3 Å². The van der Waals surface area contributed by atoms with Crippen molar-refractivity contribution in [2.24, 2.45) is 0 Å². The minimum Gasteiger partial charge on any atom is -0.335 e. The van der Waals surface area contributed by atoms with E-state index in [1.165, 1.54) is 12.1 Å². The summed E-state index contributed by atoms with van der Waals surface area (Å²) < 4.78 is 0. The van der Waals surface area contributed by atoms with Gasteiger partial charge in [0.25, 0.3) is 5.91 Å². The van der Waals surface area contributed by atoms with E-state index in [0.29, 0.717) is 18.7 Å². The van der Waals surface area contributed by atoms with Gasteiger partial charge in [-0.05, 0) is 26.0 Å². The zero-order valence-corrected chi connectivity index (χ0v) is 11.3. The van der Waals surface area contributed by atoms with Crippen LogP contribution in [0.2, 0.25) is 10.3 Å². The van der Waals surface area contributed by atoms with Crippen molar-refractivity contribution in [1.29, 1.82) is 0 Å². The molecule has 1 rings (SSSR count). The number of hydrogen-bond donors (Lipinski definition) is 0. The Hall–Kier alpha value is -1.06. The van der Waals surface area contributed by atoms with Gasteiger partial charge in [0, 0.05) is 18.7 Å². The Morgan fingerprint density at radius 1 is 1.41 bits per heavy atom. The first-order valence-electron chi connectivity index (χ1n) is 5.20. The van der Waals surface area contributed by atoms with Gasteiger partial charge in [-0.2, -0.15) is 0 Å². The topological polar surface area (TPSA) is 33.2 Å². The third-order valence-electron chi connectivity index (χ3n) is 2.14. The summed E-state index contributed by atoms with van der Waals surface area (Å²) >= 11 is 11.5. The summed E-state index contributed by atoms with van der Waals surface area (Å²) in [5.41, 5.74) is 1.37. The number of amides is 1. The average molecular weight is 273 g/mol. The second kappa shape index (κ2) is 6.03. The predicted octanol–water partition coefficient (Wildman–Crippen LogP) is 3.43. The Bertz CT molecular complexity index is 426. The number of rotatable bonds is 4. The van der Waals surface area contributed by atoms with E-state index in [1.807, 2.05) is 13.8 Å². The summed E-state index contributed by atoms with van der Waals surface area (Å²) in [6.07, 6.45) is 0. The summed E-state index contributed by atoms with van der Waals surface area (Å²) in [6.45, 7) is 8.70. The molecule has 92 valence electrons. The summed E-state index contributed by atoms with van der Waals surface area (Å²) in [4.78, 5) is 17.6. The average Bonchev–Trinajstić information content (AvgIpc) is 2.23. The molecule has 0 atom stereocenters. The van der Waals surface area contributed by atoms with Crippen molar-refractivity contribution in [2.45, 2.75) is 13.8 Å². The fraction of sp³-hybridized carbons (Fsp3) is 0.333. The van der Waals surface area contributed by atoms with Gasteiger partial charge in [-0.25, -0.2) is 4.98 Å². The molecule has 1 aromatic heterocycles. The Labute approximate surface area is 111 Å². The fourth-order valence-corrected chi connectivity index (χ4v) is 1.88. The van der Waals surface area contributed by atoms with Crippen LogP contribution < -0.4 is 0 Å². The van der Waals surface area contributed by atoms with Crippen molar-refractivity contribution in [1.82, 2.24) is 9.88 Å². The third kappa shape index (κ3) is 4.02. The Morgan fingerprint density at radius 3 is 2.35 bits per heavy atom. The highest BCUT2D eigenvalue weighted by molar-refractivity contribution is 6.33. The summed E-state index contributed by atoms with van der Waals surface area (Å²) in [7, 11) is 0. The lowest BCUT2D eigenvalue weighted by molar-refractivity contribution is 0.0778. The maximum absolute atomic E-state index is 12.2. The van der Waals surface area contributed by atoms with Crippen molar-refractivity contribution in [2.75, 3.05) is 13.1 Å². The molecule has 17 heavy (non-hydrogen) atoms. The molecule has 1 heterocycles. The Kier molecular flexibility index (Phi) is 4.97. The zero-order chi connectivity index (χ0) is 13.0.